The molecule has 186 valence electrons. The Morgan fingerprint density at radius 3 is 2.24 bits per heavy atom. The zero-order valence-electron chi connectivity index (χ0n) is 20.0. The zero-order chi connectivity index (χ0) is 26.4. The van der Waals surface area contributed by atoms with E-state index in [0.29, 0.717) is 33.6 Å². The molecular weight excluding hydrogens is 478 g/mol. The molecule has 2 aliphatic heterocycles. The van der Waals surface area contributed by atoms with Gasteiger partial charge in [0, 0.05) is 24.6 Å². The summed E-state index contributed by atoms with van der Waals surface area (Å²) in [6, 6.07) is 15.6. The van der Waals surface area contributed by atoms with Crippen molar-refractivity contribution in [2.24, 2.45) is 5.92 Å². The van der Waals surface area contributed by atoms with Gasteiger partial charge in [-0.3, -0.25) is 29.3 Å². The summed E-state index contributed by atoms with van der Waals surface area (Å²) in [5, 5.41) is 11.3. The topological polar surface area (TPSA) is 127 Å². The SMILES string of the molecule is Cc1cc(OC(=O)[C@H]2CC(=O)N(c3ccc(C)c([N+](=O)[O-])c3)C2)ccc1N1C(=O)c2ccccc2C1=O. The fraction of sp³-hybridized carbons (Fsp3) is 0.185. The third-order valence-corrected chi connectivity index (χ3v) is 6.58. The molecule has 0 saturated carbocycles. The second kappa shape index (κ2) is 8.98. The minimum atomic E-state index is -0.760. The Labute approximate surface area is 211 Å². The van der Waals surface area contributed by atoms with Crippen LogP contribution in [0.15, 0.2) is 60.7 Å². The van der Waals surface area contributed by atoms with Gasteiger partial charge in [0.25, 0.3) is 17.5 Å². The van der Waals surface area contributed by atoms with E-state index in [1.54, 1.807) is 56.3 Å². The lowest BCUT2D eigenvalue weighted by Gasteiger charge is -2.18. The van der Waals surface area contributed by atoms with Crippen molar-refractivity contribution in [3.05, 3.63) is 93.0 Å². The first-order valence-corrected chi connectivity index (χ1v) is 11.5. The number of benzene rings is 3. The number of hydrogen-bond acceptors (Lipinski definition) is 7. The van der Waals surface area contributed by atoms with Gasteiger partial charge in [-0.2, -0.15) is 0 Å². The molecule has 0 radical (unpaired) electrons. The van der Waals surface area contributed by atoms with Gasteiger partial charge in [0.2, 0.25) is 5.91 Å². The first kappa shape index (κ1) is 23.9. The van der Waals surface area contributed by atoms with Gasteiger partial charge in [0.05, 0.1) is 33.3 Å². The first-order valence-electron chi connectivity index (χ1n) is 11.5. The standard InChI is InChI=1S/C27H21N3O7/c1-15-7-8-18(13-23(15)30(35)36)28-14-17(12-24(28)31)27(34)37-19-9-10-22(16(2)11-19)29-25(32)20-5-3-4-6-21(20)26(29)33/h3-11,13,17H,12,14H2,1-2H3/t17-/m0/s1. The van der Waals surface area contributed by atoms with E-state index >= 15 is 0 Å². The minimum Gasteiger partial charge on any atom is -0.426 e. The maximum absolute atomic E-state index is 12.8. The molecule has 0 unspecified atom stereocenters. The Bertz CT molecular complexity index is 1480. The molecule has 10 heteroatoms. The highest BCUT2D eigenvalue weighted by atomic mass is 16.6. The molecule has 3 amide bonds. The number of fused-ring (bicyclic) bond motifs is 1. The van der Waals surface area contributed by atoms with E-state index in [2.05, 4.69) is 0 Å². The number of hydrogen-bond donors (Lipinski definition) is 0. The van der Waals surface area contributed by atoms with Crippen molar-refractivity contribution >= 4 is 40.8 Å². The van der Waals surface area contributed by atoms with E-state index in [-0.39, 0.29) is 30.3 Å². The summed E-state index contributed by atoms with van der Waals surface area (Å²) in [7, 11) is 0. The number of ether oxygens (including phenoxy) is 1. The average molecular weight is 499 g/mol. The van der Waals surface area contributed by atoms with Crippen molar-refractivity contribution in [1.29, 1.82) is 0 Å². The van der Waals surface area contributed by atoms with Crippen LogP contribution in [0.4, 0.5) is 17.1 Å². The lowest BCUT2D eigenvalue weighted by atomic mass is 10.1. The third-order valence-electron chi connectivity index (χ3n) is 6.58. The van der Waals surface area contributed by atoms with Gasteiger partial charge in [-0.15, -0.1) is 0 Å². The lowest BCUT2D eigenvalue weighted by molar-refractivity contribution is -0.385. The maximum atomic E-state index is 12.8. The van der Waals surface area contributed by atoms with Gasteiger partial charge in [-0.1, -0.05) is 18.2 Å². The summed E-state index contributed by atoms with van der Waals surface area (Å²) in [4.78, 5) is 64.2. The monoisotopic (exact) mass is 499 g/mol. The molecule has 3 aromatic rings. The molecule has 1 saturated heterocycles. The Morgan fingerprint density at radius 2 is 1.62 bits per heavy atom. The van der Waals surface area contributed by atoms with Gasteiger partial charge in [0.15, 0.2) is 0 Å². The molecule has 0 aromatic heterocycles. The normalized spacial score (nSPS) is 16.8. The van der Waals surface area contributed by atoms with Crippen LogP contribution in [0.1, 0.15) is 38.3 Å². The molecule has 0 N–H and O–H groups in total. The van der Waals surface area contributed by atoms with E-state index in [0.717, 1.165) is 4.90 Å². The number of carbonyl (C=O) groups is 4. The fourth-order valence-corrected chi connectivity index (χ4v) is 4.63. The summed E-state index contributed by atoms with van der Waals surface area (Å²) in [6.45, 7) is 3.33. The molecule has 2 heterocycles. The molecule has 37 heavy (non-hydrogen) atoms. The highest BCUT2D eigenvalue weighted by Crippen LogP contribution is 2.34. The van der Waals surface area contributed by atoms with Crippen molar-refractivity contribution in [3.63, 3.8) is 0 Å². The Balaban J connectivity index is 1.30. The quantitative estimate of drug-likeness (QED) is 0.171. The number of aryl methyl sites for hydroxylation is 2. The zero-order valence-corrected chi connectivity index (χ0v) is 20.0. The highest BCUT2D eigenvalue weighted by Gasteiger charge is 2.38. The van der Waals surface area contributed by atoms with Crippen molar-refractivity contribution in [3.8, 4) is 5.75 Å². The van der Waals surface area contributed by atoms with Gasteiger partial charge < -0.3 is 9.64 Å². The van der Waals surface area contributed by atoms with Crippen LogP contribution in [0.25, 0.3) is 0 Å². The minimum absolute atomic E-state index is 0.0317. The van der Waals surface area contributed by atoms with Crippen LogP contribution in [-0.2, 0) is 9.59 Å². The average Bonchev–Trinajstić information content (AvgIpc) is 3.37. The number of carbonyl (C=O) groups excluding carboxylic acids is 4. The summed E-state index contributed by atoms with van der Waals surface area (Å²) in [5.74, 6) is -2.35. The van der Waals surface area contributed by atoms with Crippen molar-refractivity contribution in [2.75, 3.05) is 16.3 Å². The fourth-order valence-electron chi connectivity index (χ4n) is 4.63. The molecule has 5 rings (SSSR count). The smallest absolute Gasteiger partial charge is 0.316 e. The van der Waals surface area contributed by atoms with E-state index in [1.165, 1.54) is 23.1 Å². The van der Waals surface area contributed by atoms with Crippen LogP contribution in [0.3, 0.4) is 0 Å². The second-order valence-corrected chi connectivity index (χ2v) is 8.99. The van der Waals surface area contributed by atoms with Crippen molar-refractivity contribution < 1.29 is 28.8 Å². The molecule has 0 spiro atoms. The van der Waals surface area contributed by atoms with Crippen LogP contribution < -0.4 is 14.5 Å². The molecular formula is C27H21N3O7. The number of rotatable bonds is 5. The largest absolute Gasteiger partial charge is 0.426 e. The molecule has 1 atom stereocenters. The molecule has 1 fully saturated rings. The number of amides is 3. The predicted octanol–water partition coefficient (Wildman–Crippen LogP) is 3.97. The molecule has 2 aliphatic rings. The number of anilines is 2. The number of imide groups is 1. The predicted molar refractivity (Wildman–Crippen MR) is 133 cm³/mol. The Morgan fingerprint density at radius 1 is 0.946 bits per heavy atom. The number of nitro benzene ring substituents is 1. The summed E-state index contributed by atoms with van der Waals surface area (Å²) >= 11 is 0. The lowest BCUT2D eigenvalue weighted by Crippen LogP contribution is -2.30. The molecule has 3 aromatic carbocycles. The van der Waals surface area contributed by atoms with Crippen LogP contribution in [0, 0.1) is 29.9 Å². The second-order valence-electron chi connectivity index (χ2n) is 8.99. The summed E-state index contributed by atoms with van der Waals surface area (Å²) < 4.78 is 5.51. The van der Waals surface area contributed by atoms with Crippen molar-refractivity contribution in [2.45, 2.75) is 20.3 Å². The Hall–Kier alpha value is -4.86. The van der Waals surface area contributed by atoms with Gasteiger partial charge in [-0.25, -0.2) is 4.90 Å². The number of esters is 1. The summed E-state index contributed by atoms with van der Waals surface area (Å²) in [6.07, 6.45) is -0.0907. The number of nitrogens with zero attached hydrogens (tertiary/aromatic N) is 3. The van der Waals surface area contributed by atoms with Gasteiger partial charge in [0.1, 0.15) is 5.75 Å². The van der Waals surface area contributed by atoms with E-state index in [1.807, 2.05) is 0 Å². The van der Waals surface area contributed by atoms with Crippen LogP contribution in [0.5, 0.6) is 5.75 Å². The Kier molecular flexibility index (Phi) is 5.79. The maximum Gasteiger partial charge on any atom is 0.316 e. The van der Waals surface area contributed by atoms with Crippen LogP contribution >= 0.6 is 0 Å². The van der Waals surface area contributed by atoms with Gasteiger partial charge >= 0.3 is 5.97 Å². The molecule has 0 bridgehead atoms. The van der Waals surface area contributed by atoms with E-state index in [4.69, 9.17) is 4.74 Å². The number of nitro groups is 1. The third kappa shape index (κ3) is 4.12. The first-order chi connectivity index (χ1) is 17.7. The summed E-state index contributed by atoms with van der Waals surface area (Å²) in [5.41, 5.74) is 2.30. The van der Waals surface area contributed by atoms with Crippen molar-refractivity contribution in [1.82, 2.24) is 0 Å². The van der Waals surface area contributed by atoms with Crippen LogP contribution in [0.2, 0.25) is 0 Å². The van der Waals surface area contributed by atoms with Gasteiger partial charge in [-0.05, 0) is 55.8 Å². The van der Waals surface area contributed by atoms with Crippen LogP contribution in [-0.4, -0.2) is 35.2 Å². The molecule has 0 aliphatic carbocycles. The van der Waals surface area contributed by atoms with E-state index in [9.17, 15) is 29.3 Å². The highest BCUT2D eigenvalue weighted by molar-refractivity contribution is 6.34. The molecule has 10 nitrogen and oxygen atoms in total. The van der Waals surface area contributed by atoms with E-state index < -0.39 is 28.6 Å².